The van der Waals surface area contributed by atoms with Crippen molar-refractivity contribution in [2.75, 3.05) is 20.3 Å². The number of carbonyl (C=O) groups is 2. The Morgan fingerprint density at radius 2 is 2.00 bits per heavy atom. The third kappa shape index (κ3) is 8.03. The number of carbonyl (C=O) groups excluding carboxylic acids is 1. The zero-order chi connectivity index (χ0) is 14.0. The Morgan fingerprint density at radius 3 is 2.56 bits per heavy atom. The molecule has 0 aromatic carbocycles. The van der Waals surface area contributed by atoms with Crippen LogP contribution in [-0.4, -0.2) is 43.3 Å². The molecule has 0 aliphatic rings. The maximum Gasteiger partial charge on any atom is 0.306 e. The molecule has 0 saturated carbocycles. The summed E-state index contributed by atoms with van der Waals surface area (Å²) in [6, 6.07) is -0.517. The van der Waals surface area contributed by atoms with Gasteiger partial charge in [-0.15, -0.1) is 0 Å². The summed E-state index contributed by atoms with van der Waals surface area (Å²) in [4.78, 5) is 22.1. The second kappa shape index (κ2) is 9.85. The zero-order valence-corrected chi connectivity index (χ0v) is 11.1. The van der Waals surface area contributed by atoms with Gasteiger partial charge in [0.15, 0.2) is 0 Å². The van der Waals surface area contributed by atoms with E-state index < -0.39 is 12.0 Å². The van der Waals surface area contributed by atoms with Crippen LogP contribution in [0, 0.1) is 5.92 Å². The number of nitrogens with two attached hydrogens (primary N) is 1. The molecule has 0 radical (unpaired) electrons. The van der Waals surface area contributed by atoms with E-state index in [0.29, 0.717) is 32.4 Å². The van der Waals surface area contributed by atoms with E-state index in [9.17, 15) is 9.59 Å². The first-order chi connectivity index (χ1) is 8.49. The van der Waals surface area contributed by atoms with Crippen LogP contribution in [0.15, 0.2) is 0 Å². The summed E-state index contributed by atoms with van der Waals surface area (Å²) < 4.78 is 4.88. The lowest BCUT2D eigenvalue weighted by Crippen LogP contribution is -2.41. The van der Waals surface area contributed by atoms with Crippen molar-refractivity contribution in [3.8, 4) is 0 Å². The van der Waals surface area contributed by atoms with E-state index >= 15 is 0 Å². The fourth-order valence-corrected chi connectivity index (χ4v) is 1.45. The van der Waals surface area contributed by atoms with Crippen molar-refractivity contribution in [3.05, 3.63) is 0 Å². The quantitative estimate of drug-likeness (QED) is 0.492. The molecule has 2 atom stereocenters. The summed E-state index contributed by atoms with van der Waals surface area (Å²) in [6.07, 6.45) is 2.53. The summed E-state index contributed by atoms with van der Waals surface area (Å²) in [6.45, 7) is 2.71. The molecule has 0 rings (SSSR count). The van der Waals surface area contributed by atoms with E-state index in [2.05, 4.69) is 5.32 Å². The minimum atomic E-state index is -0.808. The average molecular weight is 260 g/mol. The number of nitrogens with one attached hydrogen (secondary N) is 1. The standard InChI is InChI=1S/C12H24N2O4/c1-9(12(16)17)5-3-7-14-11(15)10(13)6-4-8-18-2/h9-10H,3-8,13H2,1-2H3,(H,14,15)(H,16,17). The van der Waals surface area contributed by atoms with Crippen LogP contribution in [-0.2, 0) is 14.3 Å². The number of aliphatic carboxylic acids is 1. The van der Waals surface area contributed by atoms with Crippen LogP contribution in [0.1, 0.15) is 32.6 Å². The summed E-state index contributed by atoms with van der Waals surface area (Å²) in [5, 5.41) is 11.4. The normalized spacial score (nSPS) is 13.9. The lowest BCUT2D eigenvalue weighted by molar-refractivity contribution is -0.141. The predicted molar refractivity (Wildman–Crippen MR) is 68.1 cm³/mol. The first-order valence-electron chi connectivity index (χ1n) is 6.24. The van der Waals surface area contributed by atoms with Gasteiger partial charge in [0.1, 0.15) is 0 Å². The largest absolute Gasteiger partial charge is 0.481 e. The molecule has 0 aromatic rings. The van der Waals surface area contributed by atoms with Gasteiger partial charge in [-0.1, -0.05) is 6.92 Å². The van der Waals surface area contributed by atoms with Gasteiger partial charge < -0.3 is 20.9 Å². The highest BCUT2D eigenvalue weighted by Crippen LogP contribution is 2.04. The summed E-state index contributed by atoms with van der Waals surface area (Å²) in [7, 11) is 1.61. The van der Waals surface area contributed by atoms with Crippen molar-refractivity contribution in [2.24, 2.45) is 11.7 Å². The molecule has 106 valence electrons. The summed E-state index contributed by atoms with van der Waals surface area (Å²) >= 11 is 0. The number of carboxylic acids is 1. The number of hydrogen-bond acceptors (Lipinski definition) is 4. The van der Waals surface area contributed by atoms with Crippen LogP contribution in [0.4, 0.5) is 0 Å². The Labute approximate surface area is 108 Å². The van der Waals surface area contributed by atoms with Gasteiger partial charge in [-0.05, 0) is 25.7 Å². The van der Waals surface area contributed by atoms with Crippen LogP contribution >= 0.6 is 0 Å². The second-order valence-electron chi connectivity index (χ2n) is 4.41. The maximum absolute atomic E-state index is 11.5. The number of carboxylic acid groups (broad SMARTS) is 1. The predicted octanol–water partition coefficient (Wildman–Crippen LogP) is 0.357. The number of amides is 1. The molecule has 0 bridgehead atoms. The van der Waals surface area contributed by atoms with Gasteiger partial charge in [0, 0.05) is 20.3 Å². The molecule has 4 N–H and O–H groups in total. The number of ether oxygens (including phenoxy) is 1. The van der Waals surface area contributed by atoms with Gasteiger partial charge >= 0.3 is 5.97 Å². The number of methoxy groups -OCH3 is 1. The minimum Gasteiger partial charge on any atom is -0.481 e. The zero-order valence-electron chi connectivity index (χ0n) is 11.1. The average Bonchev–Trinajstić information content (AvgIpc) is 2.33. The molecule has 6 heteroatoms. The number of rotatable bonds is 10. The Hall–Kier alpha value is -1.14. The van der Waals surface area contributed by atoms with Crippen LogP contribution in [0.5, 0.6) is 0 Å². The van der Waals surface area contributed by atoms with Crippen molar-refractivity contribution >= 4 is 11.9 Å². The molecular weight excluding hydrogens is 236 g/mol. The highest BCUT2D eigenvalue weighted by molar-refractivity contribution is 5.81. The molecule has 18 heavy (non-hydrogen) atoms. The van der Waals surface area contributed by atoms with Crippen LogP contribution in [0.2, 0.25) is 0 Å². The maximum atomic E-state index is 11.5. The molecule has 0 heterocycles. The molecule has 0 aliphatic carbocycles. The molecule has 0 aliphatic heterocycles. The van der Waals surface area contributed by atoms with Gasteiger partial charge in [-0.3, -0.25) is 9.59 Å². The molecule has 6 nitrogen and oxygen atoms in total. The second-order valence-corrected chi connectivity index (χ2v) is 4.41. The van der Waals surface area contributed by atoms with Gasteiger partial charge in [-0.25, -0.2) is 0 Å². The Bertz CT molecular complexity index is 258. The number of hydrogen-bond donors (Lipinski definition) is 3. The van der Waals surface area contributed by atoms with E-state index in [4.69, 9.17) is 15.6 Å². The van der Waals surface area contributed by atoms with Gasteiger partial charge in [-0.2, -0.15) is 0 Å². The molecular formula is C12H24N2O4. The van der Waals surface area contributed by atoms with Crippen molar-refractivity contribution in [1.82, 2.24) is 5.32 Å². The van der Waals surface area contributed by atoms with Crippen molar-refractivity contribution < 1.29 is 19.4 Å². The van der Waals surface area contributed by atoms with E-state index in [0.717, 1.165) is 6.42 Å². The molecule has 0 saturated heterocycles. The lowest BCUT2D eigenvalue weighted by Gasteiger charge is -2.12. The fourth-order valence-electron chi connectivity index (χ4n) is 1.45. The first kappa shape index (κ1) is 16.9. The van der Waals surface area contributed by atoms with Gasteiger partial charge in [0.2, 0.25) is 5.91 Å². The smallest absolute Gasteiger partial charge is 0.306 e. The summed E-state index contributed by atoms with van der Waals surface area (Å²) in [5.74, 6) is -1.37. The third-order valence-corrected chi connectivity index (χ3v) is 2.74. The van der Waals surface area contributed by atoms with Crippen LogP contribution < -0.4 is 11.1 Å². The Morgan fingerprint density at radius 1 is 1.33 bits per heavy atom. The molecule has 1 amide bonds. The highest BCUT2D eigenvalue weighted by Gasteiger charge is 2.13. The SMILES string of the molecule is COCCCC(N)C(=O)NCCCC(C)C(=O)O. The van der Waals surface area contributed by atoms with Crippen molar-refractivity contribution in [1.29, 1.82) is 0 Å². The first-order valence-corrected chi connectivity index (χ1v) is 6.24. The van der Waals surface area contributed by atoms with Crippen molar-refractivity contribution in [3.63, 3.8) is 0 Å². The van der Waals surface area contributed by atoms with E-state index in [1.54, 1.807) is 14.0 Å². The van der Waals surface area contributed by atoms with Crippen LogP contribution in [0.3, 0.4) is 0 Å². The van der Waals surface area contributed by atoms with E-state index in [-0.39, 0.29) is 11.8 Å². The van der Waals surface area contributed by atoms with E-state index in [1.807, 2.05) is 0 Å². The van der Waals surface area contributed by atoms with Crippen molar-refractivity contribution in [2.45, 2.75) is 38.6 Å². The fraction of sp³-hybridized carbons (Fsp3) is 0.833. The van der Waals surface area contributed by atoms with Crippen LogP contribution in [0.25, 0.3) is 0 Å². The molecule has 0 spiro atoms. The third-order valence-electron chi connectivity index (χ3n) is 2.74. The van der Waals surface area contributed by atoms with E-state index in [1.165, 1.54) is 0 Å². The monoisotopic (exact) mass is 260 g/mol. The topological polar surface area (TPSA) is 102 Å². The Kier molecular flexibility index (Phi) is 9.22. The molecule has 0 fully saturated rings. The highest BCUT2D eigenvalue weighted by atomic mass is 16.5. The molecule has 2 unspecified atom stereocenters. The van der Waals surface area contributed by atoms with Gasteiger partial charge in [0.25, 0.3) is 0 Å². The Balaban J connectivity index is 3.60. The van der Waals surface area contributed by atoms with Gasteiger partial charge in [0.05, 0.1) is 12.0 Å². The minimum absolute atomic E-state index is 0.186. The summed E-state index contributed by atoms with van der Waals surface area (Å²) in [5.41, 5.74) is 5.69. The lowest BCUT2D eigenvalue weighted by atomic mass is 10.1. The molecule has 0 aromatic heterocycles.